The van der Waals surface area contributed by atoms with Gasteiger partial charge in [0, 0.05) is 4.88 Å². The summed E-state index contributed by atoms with van der Waals surface area (Å²) in [5, 5.41) is 0. The molecule has 1 N–H and O–H groups in total. The number of nitrogens with zero attached hydrogens (tertiary/aromatic N) is 1. The van der Waals surface area contributed by atoms with Crippen molar-refractivity contribution in [3.8, 4) is 0 Å². The van der Waals surface area contributed by atoms with E-state index >= 15 is 0 Å². The van der Waals surface area contributed by atoms with Gasteiger partial charge in [0.15, 0.2) is 0 Å². The van der Waals surface area contributed by atoms with E-state index in [-0.39, 0.29) is 11.0 Å². The molecular weight excluding hydrogens is 208 g/mol. The lowest BCUT2D eigenvalue weighted by atomic mass is 9.88. The van der Waals surface area contributed by atoms with E-state index in [2.05, 4.69) is 30.7 Å². The van der Waals surface area contributed by atoms with Gasteiger partial charge in [-0.1, -0.05) is 20.8 Å². The largest absolute Gasteiger partial charge is 0.312 e. The van der Waals surface area contributed by atoms with Crippen LogP contribution in [0.5, 0.6) is 0 Å². The summed E-state index contributed by atoms with van der Waals surface area (Å²) in [5.74, 6) is 0. The minimum atomic E-state index is -0.0387. The Morgan fingerprint density at radius 2 is 2.27 bits per heavy atom. The van der Waals surface area contributed by atoms with E-state index in [9.17, 15) is 4.79 Å². The van der Waals surface area contributed by atoms with Crippen LogP contribution in [0, 0.1) is 0 Å². The number of fused-ring (bicyclic) bond motifs is 1. The van der Waals surface area contributed by atoms with Crippen molar-refractivity contribution >= 4 is 21.6 Å². The fraction of sp³-hybridized carbons (Fsp3) is 0.455. The van der Waals surface area contributed by atoms with Crippen LogP contribution < -0.4 is 5.56 Å². The second-order valence-corrected chi connectivity index (χ2v) is 5.35. The SMILES string of the molecule is CCC(C)(C)c1cc2nc[nH]c(=O)c2s1. The molecule has 2 aromatic heterocycles. The summed E-state index contributed by atoms with van der Waals surface area (Å²) in [4.78, 5) is 19.5. The predicted octanol–water partition coefficient (Wildman–Crippen LogP) is 2.67. The number of rotatable bonds is 2. The Morgan fingerprint density at radius 1 is 1.53 bits per heavy atom. The zero-order valence-electron chi connectivity index (χ0n) is 9.13. The summed E-state index contributed by atoms with van der Waals surface area (Å²) >= 11 is 1.55. The van der Waals surface area contributed by atoms with E-state index in [4.69, 9.17) is 0 Å². The standard InChI is InChI=1S/C11H14N2OS/c1-4-11(2,3)8-5-7-9(15-8)10(14)13-6-12-7/h5-6H,4H2,1-3H3,(H,12,13,14). The van der Waals surface area contributed by atoms with Gasteiger partial charge in [0.25, 0.3) is 5.56 Å². The molecule has 0 aromatic carbocycles. The van der Waals surface area contributed by atoms with Gasteiger partial charge < -0.3 is 4.98 Å². The van der Waals surface area contributed by atoms with Crippen molar-refractivity contribution in [1.29, 1.82) is 0 Å². The molecule has 2 rings (SSSR count). The van der Waals surface area contributed by atoms with Gasteiger partial charge in [0.1, 0.15) is 4.70 Å². The van der Waals surface area contributed by atoms with Crippen molar-refractivity contribution < 1.29 is 0 Å². The molecule has 0 aliphatic rings. The molecule has 0 saturated heterocycles. The summed E-state index contributed by atoms with van der Waals surface area (Å²) in [7, 11) is 0. The summed E-state index contributed by atoms with van der Waals surface area (Å²) in [6.45, 7) is 6.53. The van der Waals surface area contributed by atoms with Crippen molar-refractivity contribution in [2.75, 3.05) is 0 Å². The molecule has 15 heavy (non-hydrogen) atoms. The molecule has 0 saturated carbocycles. The summed E-state index contributed by atoms with van der Waals surface area (Å²) in [5.41, 5.74) is 0.890. The normalized spacial score (nSPS) is 12.2. The molecule has 0 aliphatic heterocycles. The van der Waals surface area contributed by atoms with E-state index < -0.39 is 0 Å². The molecule has 0 atom stereocenters. The van der Waals surface area contributed by atoms with Gasteiger partial charge in [-0.3, -0.25) is 4.79 Å². The van der Waals surface area contributed by atoms with Crippen LogP contribution in [0.1, 0.15) is 32.1 Å². The van der Waals surface area contributed by atoms with Crippen molar-refractivity contribution in [2.45, 2.75) is 32.6 Å². The molecule has 80 valence electrons. The Balaban J connectivity index is 2.67. The number of hydrogen-bond donors (Lipinski definition) is 1. The van der Waals surface area contributed by atoms with Gasteiger partial charge in [-0.15, -0.1) is 11.3 Å². The molecular formula is C11H14N2OS. The molecule has 3 nitrogen and oxygen atoms in total. The van der Waals surface area contributed by atoms with Gasteiger partial charge in [-0.2, -0.15) is 0 Å². The molecule has 0 fully saturated rings. The van der Waals surface area contributed by atoms with Crippen molar-refractivity contribution in [1.82, 2.24) is 9.97 Å². The van der Waals surface area contributed by atoms with E-state index in [1.54, 1.807) is 11.3 Å². The van der Waals surface area contributed by atoms with Gasteiger partial charge in [-0.05, 0) is 17.9 Å². The first-order valence-corrected chi connectivity index (χ1v) is 5.84. The van der Waals surface area contributed by atoms with Crippen LogP contribution in [0.2, 0.25) is 0 Å². The molecule has 2 heterocycles. The molecule has 0 unspecified atom stereocenters. The first-order chi connectivity index (χ1) is 7.04. The predicted molar refractivity (Wildman–Crippen MR) is 63.6 cm³/mol. The Hall–Kier alpha value is -1.16. The zero-order valence-corrected chi connectivity index (χ0v) is 9.94. The summed E-state index contributed by atoms with van der Waals surface area (Å²) < 4.78 is 0.731. The molecule has 4 heteroatoms. The van der Waals surface area contributed by atoms with E-state index in [1.165, 1.54) is 11.2 Å². The highest BCUT2D eigenvalue weighted by Gasteiger charge is 2.21. The first kappa shape index (κ1) is 10.4. The number of thiophene rings is 1. The minimum absolute atomic E-state index is 0.0387. The van der Waals surface area contributed by atoms with E-state index in [0.29, 0.717) is 0 Å². The second-order valence-electron chi connectivity index (χ2n) is 4.29. The van der Waals surface area contributed by atoms with Gasteiger partial charge in [0.05, 0.1) is 11.8 Å². The van der Waals surface area contributed by atoms with Crippen LogP contribution in [0.4, 0.5) is 0 Å². The summed E-state index contributed by atoms with van der Waals surface area (Å²) in [6, 6.07) is 2.03. The maximum atomic E-state index is 11.5. The van der Waals surface area contributed by atoms with Crippen molar-refractivity contribution in [3.63, 3.8) is 0 Å². The Bertz CT molecular complexity index is 539. The van der Waals surface area contributed by atoms with E-state index in [0.717, 1.165) is 16.6 Å². The lowest BCUT2D eigenvalue weighted by Gasteiger charge is -2.20. The maximum absolute atomic E-state index is 11.5. The third-order valence-corrected chi connectivity index (χ3v) is 4.36. The Labute approximate surface area is 92.2 Å². The van der Waals surface area contributed by atoms with Crippen LogP contribution in [0.3, 0.4) is 0 Å². The molecule has 0 spiro atoms. The number of hydrogen-bond acceptors (Lipinski definition) is 3. The van der Waals surface area contributed by atoms with Crippen LogP contribution >= 0.6 is 11.3 Å². The Morgan fingerprint density at radius 3 is 2.87 bits per heavy atom. The van der Waals surface area contributed by atoms with E-state index in [1.807, 2.05) is 6.07 Å². The molecule has 0 aliphatic carbocycles. The maximum Gasteiger partial charge on any atom is 0.268 e. The molecule has 0 bridgehead atoms. The highest BCUT2D eigenvalue weighted by Crippen LogP contribution is 2.34. The number of nitrogens with one attached hydrogen (secondary N) is 1. The van der Waals surface area contributed by atoms with Crippen LogP contribution in [0.25, 0.3) is 10.2 Å². The highest BCUT2D eigenvalue weighted by atomic mass is 32.1. The fourth-order valence-corrected chi connectivity index (χ4v) is 2.55. The first-order valence-electron chi connectivity index (χ1n) is 5.02. The quantitative estimate of drug-likeness (QED) is 0.849. The molecule has 0 radical (unpaired) electrons. The average Bonchev–Trinajstić information content (AvgIpc) is 2.64. The minimum Gasteiger partial charge on any atom is -0.312 e. The lowest BCUT2D eigenvalue weighted by molar-refractivity contribution is 0.517. The molecule has 2 aromatic rings. The van der Waals surface area contributed by atoms with Gasteiger partial charge in [-0.25, -0.2) is 4.98 Å². The smallest absolute Gasteiger partial charge is 0.268 e. The highest BCUT2D eigenvalue weighted by molar-refractivity contribution is 7.19. The average molecular weight is 222 g/mol. The number of H-pyrrole nitrogens is 1. The monoisotopic (exact) mass is 222 g/mol. The second kappa shape index (κ2) is 3.45. The summed E-state index contributed by atoms with van der Waals surface area (Å²) in [6.07, 6.45) is 2.51. The van der Waals surface area contributed by atoms with Crippen LogP contribution in [-0.4, -0.2) is 9.97 Å². The lowest BCUT2D eigenvalue weighted by Crippen LogP contribution is -2.12. The van der Waals surface area contributed by atoms with Gasteiger partial charge in [0.2, 0.25) is 0 Å². The number of aromatic amines is 1. The Kier molecular flexibility index (Phi) is 2.38. The van der Waals surface area contributed by atoms with Crippen LogP contribution in [-0.2, 0) is 5.41 Å². The fourth-order valence-electron chi connectivity index (χ4n) is 1.37. The third-order valence-electron chi connectivity index (χ3n) is 2.87. The zero-order chi connectivity index (χ0) is 11.1. The third kappa shape index (κ3) is 1.69. The number of aromatic nitrogens is 2. The van der Waals surface area contributed by atoms with Crippen molar-refractivity contribution in [2.24, 2.45) is 0 Å². The van der Waals surface area contributed by atoms with Crippen molar-refractivity contribution in [3.05, 3.63) is 27.6 Å². The topological polar surface area (TPSA) is 45.8 Å². The molecule has 0 amide bonds. The van der Waals surface area contributed by atoms with Crippen LogP contribution in [0.15, 0.2) is 17.2 Å². The van der Waals surface area contributed by atoms with Gasteiger partial charge >= 0.3 is 0 Å².